The molecule has 0 amide bonds. The van der Waals surface area contributed by atoms with Crippen molar-refractivity contribution in [1.82, 2.24) is 5.32 Å². The molecule has 14 heavy (non-hydrogen) atoms. The van der Waals surface area contributed by atoms with Gasteiger partial charge in [-0.3, -0.25) is 0 Å². The number of hydrogen-bond donors (Lipinski definition) is 1. The predicted octanol–water partition coefficient (Wildman–Crippen LogP) is 2.65. The van der Waals surface area contributed by atoms with Crippen LogP contribution in [0.25, 0.3) is 0 Å². The minimum absolute atomic E-state index is 0. The standard InChI is InChI=1S/C10H15NOS.ClH/c1-11-7-8-3-2-5-12-9-4-6-13-10(8)9;/h4,6,8,11H,2-3,5,7H2,1H3;1H. The van der Waals surface area contributed by atoms with Gasteiger partial charge in [0.2, 0.25) is 0 Å². The van der Waals surface area contributed by atoms with E-state index in [0.29, 0.717) is 5.92 Å². The van der Waals surface area contributed by atoms with Crippen LogP contribution >= 0.6 is 23.7 Å². The van der Waals surface area contributed by atoms with E-state index in [1.807, 2.05) is 18.4 Å². The lowest BCUT2D eigenvalue weighted by molar-refractivity contribution is 0.316. The fraction of sp³-hybridized carbons (Fsp3) is 0.600. The third-order valence-corrected chi connectivity index (χ3v) is 3.49. The molecule has 0 saturated carbocycles. The predicted molar refractivity (Wildman–Crippen MR) is 63.0 cm³/mol. The van der Waals surface area contributed by atoms with Gasteiger partial charge in [0.15, 0.2) is 0 Å². The lowest BCUT2D eigenvalue weighted by Gasteiger charge is -2.11. The maximum Gasteiger partial charge on any atom is 0.133 e. The van der Waals surface area contributed by atoms with Crippen LogP contribution < -0.4 is 10.1 Å². The quantitative estimate of drug-likeness (QED) is 0.848. The molecule has 0 fully saturated rings. The highest BCUT2D eigenvalue weighted by atomic mass is 35.5. The van der Waals surface area contributed by atoms with E-state index < -0.39 is 0 Å². The Balaban J connectivity index is 0.000000980. The Morgan fingerprint density at radius 1 is 1.64 bits per heavy atom. The maximum atomic E-state index is 5.65. The fourth-order valence-electron chi connectivity index (χ4n) is 1.81. The molecule has 4 heteroatoms. The Morgan fingerprint density at radius 3 is 3.29 bits per heavy atom. The van der Waals surface area contributed by atoms with Gasteiger partial charge >= 0.3 is 0 Å². The van der Waals surface area contributed by atoms with Gasteiger partial charge in [0.25, 0.3) is 0 Å². The highest BCUT2D eigenvalue weighted by molar-refractivity contribution is 7.10. The van der Waals surface area contributed by atoms with E-state index in [4.69, 9.17) is 4.74 Å². The first-order valence-electron chi connectivity index (χ1n) is 4.76. The highest BCUT2D eigenvalue weighted by Gasteiger charge is 2.19. The normalized spacial score (nSPS) is 20.2. The molecule has 1 unspecified atom stereocenters. The number of ether oxygens (including phenoxy) is 1. The number of halogens is 1. The Bertz CT molecular complexity index is 277. The van der Waals surface area contributed by atoms with Crippen molar-refractivity contribution in [3.05, 3.63) is 16.3 Å². The molecule has 1 N–H and O–H groups in total. The molecule has 80 valence electrons. The Labute approximate surface area is 95.1 Å². The summed E-state index contributed by atoms with van der Waals surface area (Å²) in [6.07, 6.45) is 2.42. The summed E-state index contributed by atoms with van der Waals surface area (Å²) in [5.74, 6) is 1.77. The largest absolute Gasteiger partial charge is 0.492 e. The molecule has 0 radical (unpaired) electrons. The monoisotopic (exact) mass is 233 g/mol. The second-order valence-electron chi connectivity index (χ2n) is 3.39. The second kappa shape index (κ2) is 5.59. The Kier molecular flexibility index (Phi) is 4.72. The molecule has 1 aromatic heterocycles. The van der Waals surface area contributed by atoms with Crippen LogP contribution in [0, 0.1) is 0 Å². The number of fused-ring (bicyclic) bond motifs is 1. The van der Waals surface area contributed by atoms with Crippen molar-refractivity contribution in [2.24, 2.45) is 0 Å². The van der Waals surface area contributed by atoms with Crippen molar-refractivity contribution in [3.63, 3.8) is 0 Å². The third kappa shape index (κ3) is 2.41. The van der Waals surface area contributed by atoms with E-state index in [9.17, 15) is 0 Å². The summed E-state index contributed by atoms with van der Waals surface area (Å²) < 4.78 is 5.65. The molecule has 0 saturated heterocycles. The zero-order valence-electron chi connectivity index (χ0n) is 8.29. The molecule has 1 aliphatic rings. The van der Waals surface area contributed by atoms with Crippen LogP contribution in [0.5, 0.6) is 5.75 Å². The first kappa shape index (κ1) is 11.8. The third-order valence-electron chi connectivity index (χ3n) is 2.43. The summed E-state index contributed by atoms with van der Waals surface area (Å²) in [5.41, 5.74) is 0. The molecular formula is C10H16ClNOS. The van der Waals surface area contributed by atoms with Gasteiger partial charge in [-0.25, -0.2) is 0 Å². The number of hydrogen-bond acceptors (Lipinski definition) is 3. The van der Waals surface area contributed by atoms with Crippen LogP contribution in [0.1, 0.15) is 23.6 Å². The van der Waals surface area contributed by atoms with Crippen LogP contribution in [0.4, 0.5) is 0 Å². The molecule has 2 rings (SSSR count). The molecule has 1 aromatic rings. The van der Waals surface area contributed by atoms with E-state index in [0.717, 1.165) is 18.9 Å². The van der Waals surface area contributed by atoms with Crippen molar-refractivity contribution in [2.75, 3.05) is 20.2 Å². The van der Waals surface area contributed by atoms with Gasteiger partial charge in [-0.05, 0) is 31.3 Å². The number of rotatable bonds is 2. The maximum absolute atomic E-state index is 5.65. The van der Waals surface area contributed by atoms with E-state index in [2.05, 4.69) is 16.8 Å². The van der Waals surface area contributed by atoms with Crippen molar-refractivity contribution >= 4 is 23.7 Å². The van der Waals surface area contributed by atoms with Gasteiger partial charge < -0.3 is 10.1 Å². The summed E-state index contributed by atoms with van der Waals surface area (Å²) in [5, 5.41) is 5.37. The van der Waals surface area contributed by atoms with Gasteiger partial charge in [-0.15, -0.1) is 23.7 Å². The summed E-state index contributed by atoms with van der Waals surface area (Å²) in [6, 6.07) is 2.09. The van der Waals surface area contributed by atoms with Crippen molar-refractivity contribution in [3.8, 4) is 5.75 Å². The molecule has 0 aromatic carbocycles. The second-order valence-corrected chi connectivity index (χ2v) is 4.34. The van der Waals surface area contributed by atoms with Crippen LogP contribution in [0.3, 0.4) is 0 Å². The molecule has 0 spiro atoms. The first-order chi connectivity index (χ1) is 6.42. The van der Waals surface area contributed by atoms with Crippen LogP contribution in [0.2, 0.25) is 0 Å². The smallest absolute Gasteiger partial charge is 0.133 e. The van der Waals surface area contributed by atoms with Crippen molar-refractivity contribution < 1.29 is 4.74 Å². The number of thiophene rings is 1. The Hall–Kier alpha value is -0.250. The number of likely N-dealkylation sites (N-methyl/N-ethyl adjacent to an activating group) is 1. The molecule has 1 aliphatic heterocycles. The van der Waals surface area contributed by atoms with Crippen LogP contribution in [-0.2, 0) is 0 Å². The Morgan fingerprint density at radius 2 is 2.50 bits per heavy atom. The minimum atomic E-state index is 0. The molecule has 2 nitrogen and oxygen atoms in total. The van der Waals surface area contributed by atoms with E-state index >= 15 is 0 Å². The summed E-state index contributed by atoms with van der Waals surface area (Å²) in [6.45, 7) is 1.95. The highest BCUT2D eigenvalue weighted by Crippen LogP contribution is 2.36. The summed E-state index contributed by atoms with van der Waals surface area (Å²) in [7, 11) is 2.01. The first-order valence-corrected chi connectivity index (χ1v) is 5.64. The summed E-state index contributed by atoms with van der Waals surface area (Å²) >= 11 is 1.82. The van der Waals surface area contributed by atoms with E-state index in [1.165, 1.54) is 17.7 Å². The number of nitrogens with one attached hydrogen (secondary N) is 1. The molecule has 1 atom stereocenters. The van der Waals surface area contributed by atoms with Crippen LogP contribution in [0.15, 0.2) is 11.4 Å². The van der Waals surface area contributed by atoms with Gasteiger partial charge in [0.05, 0.1) is 11.5 Å². The van der Waals surface area contributed by atoms with Gasteiger partial charge in [0, 0.05) is 12.5 Å². The van der Waals surface area contributed by atoms with Gasteiger partial charge in [0.1, 0.15) is 5.75 Å². The molecule has 0 bridgehead atoms. The van der Waals surface area contributed by atoms with E-state index in [-0.39, 0.29) is 12.4 Å². The lowest BCUT2D eigenvalue weighted by atomic mass is 10.0. The minimum Gasteiger partial charge on any atom is -0.492 e. The lowest BCUT2D eigenvalue weighted by Crippen LogP contribution is -2.16. The average Bonchev–Trinajstić information content (AvgIpc) is 2.52. The summed E-state index contributed by atoms with van der Waals surface area (Å²) in [4.78, 5) is 1.42. The molecular weight excluding hydrogens is 218 g/mol. The molecule has 0 aliphatic carbocycles. The average molecular weight is 234 g/mol. The van der Waals surface area contributed by atoms with Crippen molar-refractivity contribution in [2.45, 2.75) is 18.8 Å². The fourth-order valence-corrected chi connectivity index (χ4v) is 2.79. The van der Waals surface area contributed by atoms with Gasteiger partial charge in [-0.1, -0.05) is 0 Å². The van der Waals surface area contributed by atoms with Crippen LogP contribution in [-0.4, -0.2) is 20.2 Å². The van der Waals surface area contributed by atoms with E-state index in [1.54, 1.807) is 0 Å². The SMILES string of the molecule is CNCC1CCCOc2ccsc21.Cl. The van der Waals surface area contributed by atoms with Gasteiger partial charge in [-0.2, -0.15) is 0 Å². The van der Waals surface area contributed by atoms with Crippen molar-refractivity contribution in [1.29, 1.82) is 0 Å². The zero-order valence-corrected chi connectivity index (χ0v) is 9.92. The zero-order chi connectivity index (χ0) is 9.10. The molecule has 2 heterocycles. The topological polar surface area (TPSA) is 21.3 Å².